The second-order valence-electron chi connectivity index (χ2n) is 8.24. The first kappa shape index (κ1) is 18.6. The number of halogens is 1. The highest BCUT2D eigenvalue weighted by Gasteiger charge is 2.32. The molecule has 5 heterocycles. The van der Waals surface area contributed by atoms with Crippen LogP contribution in [0.4, 0.5) is 11.6 Å². The van der Waals surface area contributed by atoms with E-state index in [2.05, 4.69) is 38.9 Å². The Morgan fingerprint density at radius 2 is 2.14 bits per heavy atom. The molecule has 2 bridgehead atoms. The maximum atomic E-state index is 6.23. The van der Waals surface area contributed by atoms with Crippen molar-refractivity contribution in [1.29, 1.82) is 0 Å². The molecule has 1 saturated heterocycles. The molecule has 154 valence electrons. The second-order valence-corrected chi connectivity index (χ2v) is 8.59. The Hall–Kier alpha value is -2.39. The quantitative estimate of drug-likeness (QED) is 0.646. The van der Waals surface area contributed by atoms with Gasteiger partial charge in [-0.15, -0.1) is 5.10 Å². The summed E-state index contributed by atoms with van der Waals surface area (Å²) in [5.74, 6) is 1.05. The van der Waals surface area contributed by atoms with Crippen LogP contribution < -0.4 is 10.1 Å². The van der Waals surface area contributed by atoms with Gasteiger partial charge in [-0.1, -0.05) is 11.6 Å². The van der Waals surface area contributed by atoms with Gasteiger partial charge < -0.3 is 14.8 Å². The van der Waals surface area contributed by atoms with Crippen LogP contribution >= 0.6 is 11.6 Å². The van der Waals surface area contributed by atoms with E-state index < -0.39 is 0 Å². The number of hydrogen-bond donors (Lipinski definition) is 1. The minimum atomic E-state index is -0.164. The number of ether oxygens (including phenoxy) is 2. The van der Waals surface area contributed by atoms with E-state index in [1.54, 1.807) is 10.9 Å². The predicted molar refractivity (Wildman–Crippen MR) is 109 cm³/mol. The summed E-state index contributed by atoms with van der Waals surface area (Å²) in [4.78, 5) is 9.07. The number of nitrogens with zero attached hydrogens (tertiary/aromatic N) is 6. The van der Waals surface area contributed by atoms with E-state index in [4.69, 9.17) is 26.2 Å². The van der Waals surface area contributed by atoms with E-state index in [9.17, 15) is 0 Å². The number of fused-ring (bicyclic) bond motifs is 2. The predicted octanol–water partition coefficient (Wildman–Crippen LogP) is 3.64. The fraction of sp³-hybridized carbons (Fsp3) is 0.579. The molecule has 0 unspecified atom stereocenters. The molecule has 0 aliphatic carbocycles. The van der Waals surface area contributed by atoms with Gasteiger partial charge in [0.15, 0.2) is 10.8 Å². The number of aryl methyl sites for hydroxylation is 1. The summed E-state index contributed by atoms with van der Waals surface area (Å²) in [6, 6.07) is 0.258. The summed E-state index contributed by atoms with van der Waals surface area (Å²) in [6.45, 7) is 8.19. The summed E-state index contributed by atoms with van der Waals surface area (Å²) < 4.78 is 15.8. The first-order valence-corrected chi connectivity index (χ1v) is 10.3. The zero-order valence-corrected chi connectivity index (χ0v) is 17.5. The molecule has 2 aliphatic rings. The van der Waals surface area contributed by atoms with Crippen molar-refractivity contribution in [3.63, 3.8) is 0 Å². The standard InChI is InChI=1S/C19H24ClN7O2/c1-11-14-17(25-27(11)12-5-8-29-19(2,3)9-12)28-7-4-6-26-16-13(15(20)24-26)10-21-18(22-14)23-16/h10,12H,4-9H2,1-3H3,(H,21,22,23)/t12-/m1/s1. The van der Waals surface area contributed by atoms with Crippen LogP contribution in [0.1, 0.15) is 44.8 Å². The van der Waals surface area contributed by atoms with Gasteiger partial charge in [0.05, 0.1) is 29.3 Å². The molecule has 10 heteroatoms. The van der Waals surface area contributed by atoms with Crippen molar-refractivity contribution in [3.05, 3.63) is 17.0 Å². The Labute approximate surface area is 173 Å². The third kappa shape index (κ3) is 3.32. The van der Waals surface area contributed by atoms with Crippen molar-refractivity contribution in [1.82, 2.24) is 29.5 Å². The minimum Gasteiger partial charge on any atom is -0.475 e. The highest BCUT2D eigenvalue weighted by Crippen LogP contribution is 2.38. The normalized spacial score (nSPS) is 21.3. The van der Waals surface area contributed by atoms with Gasteiger partial charge in [0.2, 0.25) is 5.95 Å². The molecule has 1 fully saturated rings. The van der Waals surface area contributed by atoms with E-state index in [-0.39, 0.29) is 11.6 Å². The fourth-order valence-electron chi connectivity index (χ4n) is 4.13. The Morgan fingerprint density at radius 1 is 1.28 bits per heavy atom. The third-order valence-electron chi connectivity index (χ3n) is 5.57. The number of aromatic nitrogens is 6. The van der Waals surface area contributed by atoms with E-state index >= 15 is 0 Å². The van der Waals surface area contributed by atoms with Crippen molar-refractivity contribution < 1.29 is 9.47 Å². The topological polar surface area (TPSA) is 91.9 Å². The van der Waals surface area contributed by atoms with Crippen LogP contribution in [-0.2, 0) is 11.3 Å². The largest absolute Gasteiger partial charge is 0.475 e. The maximum absolute atomic E-state index is 6.23. The van der Waals surface area contributed by atoms with Crippen molar-refractivity contribution in [2.75, 3.05) is 18.5 Å². The van der Waals surface area contributed by atoms with Gasteiger partial charge in [-0.2, -0.15) is 10.1 Å². The highest BCUT2D eigenvalue weighted by molar-refractivity contribution is 6.34. The van der Waals surface area contributed by atoms with Crippen molar-refractivity contribution >= 4 is 34.3 Å². The molecule has 0 radical (unpaired) electrons. The molecule has 9 nitrogen and oxygen atoms in total. The SMILES string of the molecule is Cc1c2c(nn1[C@@H]1CCOC(C)(C)C1)OCCCn1nc(Cl)c3cnc(nc31)N2. The lowest BCUT2D eigenvalue weighted by atomic mass is 9.94. The Bertz CT molecular complexity index is 1070. The lowest BCUT2D eigenvalue weighted by Crippen LogP contribution is -2.35. The summed E-state index contributed by atoms with van der Waals surface area (Å²) in [7, 11) is 0. The van der Waals surface area contributed by atoms with Crippen LogP contribution in [0.5, 0.6) is 5.88 Å². The maximum Gasteiger partial charge on any atom is 0.257 e. The molecule has 29 heavy (non-hydrogen) atoms. The second kappa shape index (κ2) is 6.84. The molecule has 0 aromatic carbocycles. The van der Waals surface area contributed by atoms with Crippen LogP contribution in [0.15, 0.2) is 6.20 Å². The summed E-state index contributed by atoms with van der Waals surface area (Å²) in [5.41, 5.74) is 2.35. The van der Waals surface area contributed by atoms with Gasteiger partial charge in [0.1, 0.15) is 5.69 Å². The molecule has 3 aromatic rings. The van der Waals surface area contributed by atoms with E-state index in [0.29, 0.717) is 35.8 Å². The van der Waals surface area contributed by atoms with Crippen molar-refractivity contribution in [2.24, 2.45) is 0 Å². The minimum absolute atomic E-state index is 0.164. The zero-order valence-electron chi connectivity index (χ0n) is 16.8. The molecular weight excluding hydrogens is 394 g/mol. The van der Waals surface area contributed by atoms with Crippen LogP contribution in [0, 0.1) is 6.92 Å². The zero-order chi connectivity index (χ0) is 20.2. The third-order valence-corrected chi connectivity index (χ3v) is 5.85. The summed E-state index contributed by atoms with van der Waals surface area (Å²) >= 11 is 6.23. The molecule has 2 aliphatic heterocycles. The molecule has 0 spiro atoms. The fourth-order valence-corrected chi connectivity index (χ4v) is 4.36. The van der Waals surface area contributed by atoms with Crippen LogP contribution in [0.25, 0.3) is 11.0 Å². The average molecular weight is 418 g/mol. The smallest absolute Gasteiger partial charge is 0.257 e. The van der Waals surface area contributed by atoms with Gasteiger partial charge in [-0.05, 0) is 33.6 Å². The molecule has 0 saturated carbocycles. The molecule has 0 amide bonds. The Morgan fingerprint density at radius 3 is 2.97 bits per heavy atom. The summed E-state index contributed by atoms with van der Waals surface area (Å²) in [5, 5.41) is 13.6. The Kier molecular flexibility index (Phi) is 4.40. The first-order valence-electron chi connectivity index (χ1n) is 9.93. The van der Waals surface area contributed by atoms with Crippen LogP contribution in [0.2, 0.25) is 5.15 Å². The summed E-state index contributed by atoms with van der Waals surface area (Å²) in [6.07, 6.45) is 4.29. The van der Waals surface area contributed by atoms with Crippen molar-refractivity contribution in [2.45, 2.75) is 58.2 Å². The van der Waals surface area contributed by atoms with Crippen molar-refractivity contribution in [3.8, 4) is 5.88 Å². The number of anilines is 2. The number of nitrogens with one attached hydrogen (secondary N) is 1. The molecule has 5 rings (SSSR count). The van der Waals surface area contributed by atoms with E-state index in [0.717, 1.165) is 42.6 Å². The number of rotatable bonds is 1. The highest BCUT2D eigenvalue weighted by atomic mass is 35.5. The molecular formula is C19H24ClN7O2. The van der Waals surface area contributed by atoms with Gasteiger partial charge in [0, 0.05) is 25.8 Å². The number of hydrogen-bond acceptors (Lipinski definition) is 7. The van der Waals surface area contributed by atoms with E-state index in [1.807, 2.05) is 6.92 Å². The monoisotopic (exact) mass is 417 g/mol. The molecule has 1 atom stereocenters. The van der Waals surface area contributed by atoms with Gasteiger partial charge in [-0.25, -0.2) is 9.67 Å². The van der Waals surface area contributed by atoms with E-state index in [1.165, 1.54) is 0 Å². The van der Waals surface area contributed by atoms with Crippen LogP contribution in [0.3, 0.4) is 0 Å². The Balaban J connectivity index is 1.55. The average Bonchev–Trinajstić information content (AvgIpc) is 3.15. The first-order chi connectivity index (χ1) is 13.9. The molecule has 3 aromatic heterocycles. The molecule has 1 N–H and O–H groups in total. The lowest BCUT2D eigenvalue weighted by Gasteiger charge is -2.35. The lowest BCUT2D eigenvalue weighted by molar-refractivity contribution is -0.0711. The van der Waals surface area contributed by atoms with Crippen LogP contribution in [-0.4, -0.2) is 48.3 Å². The van der Waals surface area contributed by atoms with Gasteiger partial charge in [0.25, 0.3) is 5.88 Å². The van der Waals surface area contributed by atoms with Gasteiger partial charge >= 0.3 is 0 Å². The van der Waals surface area contributed by atoms with Gasteiger partial charge in [-0.3, -0.25) is 4.68 Å².